The molecule has 1 aliphatic rings. The molecule has 3 N–H and O–H groups in total. The Morgan fingerprint density at radius 2 is 1.52 bits per heavy atom. The Balaban J connectivity index is 0.00000178. The van der Waals surface area contributed by atoms with Crippen molar-refractivity contribution in [2.45, 2.75) is 104 Å². The van der Waals surface area contributed by atoms with E-state index in [1.807, 2.05) is 0 Å². The molecule has 0 aliphatic carbocycles. The number of carbonyl (C=O) groups is 1. The van der Waals surface area contributed by atoms with E-state index >= 15 is 0 Å². The minimum absolute atomic E-state index is 0.741. The van der Waals surface area contributed by atoms with Gasteiger partial charge in [-0.1, -0.05) is 70.4 Å². The van der Waals surface area contributed by atoms with Crippen molar-refractivity contribution >= 4 is 11.8 Å². The van der Waals surface area contributed by atoms with Crippen LogP contribution in [0.5, 0.6) is 0 Å². The molecule has 0 bridgehead atoms. The zero-order valence-electron chi connectivity index (χ0n) is 19.2. The summed E-state index contributed by atoms with van der Waals surface area (Å²) in [5, 5.41) is 7.42. The molecule has 0 aromatic carbocycles. The van der Waals surface area contributed by atoms with Crippen LogP contribution in [0.25, 0.3) is 0 Å². The van der Waals surface area contributed by atoms with Crippen LogP contribution in [0, 0.1) is 0 Å². The van der Waals surface area contributed by atoms with Gasteiger partial charge in [0.15, 0.2) is 0 Å². The lowest BCUT2D eigenvalue weighted by atomic mass is 10.1. The predicted octanol–water partition coefficient (Wildman–Crippen LogP) is 5.79. The second kappa shape index (κ2) is 21.4. The summed E-state index contributed by atoms with van der Waals surface area (Å²) in [5.41, 5.74) is 5.65. The Hall–Kier alpha value is -1.36. The molecule has 0 amide bonds. The van der Waals surface area contributed by atoms with Gasteiger partial charge in [-0.15, -0.1) is 0 Å². The van der Waals surface area contributed by atoms with Crippen molar-refractivity contribution in [2.75, 3.05) is 26.2 Å². The third-order valence-corrected chi connectivity index (χ3v) is 5.09. The van der Waals surface area contributed by atoms with E-state index in [4.69, 9.17) is 15.6 Å². The number of carboxylic acid groups (broad SMARTS) is 1. The van der Waals surface area contributed by atoms with Gasteiger partial charge in [0.05, 0.1) is 12.4 Å². The normalized spacial score (nSPS) is 13.5. The van der Waals surface area contributed by atoms with E-state index in [1.54, 1.807) is 0 Å². The minimum Gasteiger partial charge on any atom is -0.481 e. The van der Waals surface area contributed by atoms with Gasteiger partial charge >= 0.3 is 0 Å². The standard InChI is InChI=1S/C22H43N3.C2H4O2/c1-2-3-4-5-6-7-8-9-10-11-12-13-14-15-16-17-22-24-19-21-25(22)20-18-23;1-2(3)4/h9-10H,2-8,11-21,23H2,1H3;1H3,(H,3,4)/b10-9+;. The molecule has 0 atom stereocenters. The molecule has 0 fully saturated rings. The highest BCUT2D eigenvalue weighted by atomic mass is 16.4. The number of nitrogens with zero attached hydrogens (tertiary/aromatic N) is 2. The molecule has 0 radical (unpaired) electrons. The average molecular weight is 410 g/mol. The van der Waals surface area contributed by atoms with Crippen LogP contribution in [0.3, 0.4) is 0 Å². The average Bonchev–Trinajstić information content (AvgIpc) is 3.12. The number of hydrogen-bond acceptors (Lipinski definition) is 4. The Morgan fingerprint density at radius 3 is 2.07 bits per heavy atom. The molecule has 0 saturated carbocycles. The molecular weight excluding hydrogens is 362 g/mol. The molecule has 5 heteroatoms. The number of amidine groups is 1. The van der Waals surface area contributed by atoms with Crippen molar-refractivity contribution in [3.05, 3.63) is 12.2 Å². The molecule has 1 aliphatic heterocycles. The maximum atomic E-state index is 9.00. The van der Waals surface area contributed by atoms with Gasteiger partial charge in [0.1, 0.15) is 0 Å². The van der Waals surface area contributed by atoms with Crippen molar-refractivity contribution in [1.82, 2.24) is 4.90 Å². The second-order valence-corrected chi connectivity index (χ2v) is 7.93. The summed E-state index contributed by atoms with van der Waals surface area (Å²) in [7, 11) is 0. The maximum absolute atomic E-state index is 9.00. The van der Waals surface area contributed by atoms with Crippen LogP contribution < -0.4 is 5.73 Å². The Bertz CT molecular complexity index is 432. The highest BCUT2D eigenvalue weighted by Crippen LogP contribution is 2.12. The first-order chi connectivity index (χ1) is 14.1. The molecule has 0 unspecified atom stereocenters. The highest BCUT2D eigenvalue weighted by Gasteiger charge is 2.14. The SMILES string of the molecule is CC(=O)O.CCCCCCCC/C=C/CCCCCCCC1=NCCN1CCN. The molecular formula is C24H47N3O2. The quantitative estimate of drug-likeness (QED) is 0.235. The molecule has 5 nitrogen and oxygen atoms in total. The van der Waals surface area contributed by atoms with Crippen molar-refractivity contribution in [3.8, 4) is 0 Å². The van der Waals surface area contributed by atoms with E-state index in [0.29, 0.717) is 0 Å². The van der Waals surface area contributed by atoms with E-state index in [9.17, 15) is 0 Å². The van der Waals surface area contributed by atoms with Gasteiger partial charge in [0.2, 0.25) is 0 Å². The van der Waals surface area contributed by atoms with Gasteiger partial charge in [0.25, 0.3) is 5.97 Å². The third kappa shape index (κ3) is 19.7. The summed E-state index contributed by atoms with van der Waals surface area (Å²) >= 11 is 0. The molecule has 0 aromatic heterocycles. The van der Waals surface area contributed by atoms with Gasteiger partial charge in [-0.05, 0) is 32.1 Å². The largest absolute Gasteiger partial charge is 0.481 e. The number of unbranched alkanes of at least 4 members (excludes halogenated alkanes) is 11. The van der Waals surface area contributed by atoms with Crippen molar-refractivity contribution < 1.29 is 9.90 Å². The van der Waals surface area contributed by atoms with E-state index in [2.05, 4.69) is 29.0 Å². The van der Waals surface area contributed by atoms with E-state index in [-0.39, 0.29) is 0 Å². The fourth-order valence-corrected chi connectivity index (χ4v) is 3.52. The van der Waals surface area contributed by atoms with Crippen LogP contribution in [0.4, 0.5) is 0 Å². The van der Waals surface area contributed by atoms with Crippen LogP contribution in [0.15, 0.2) is 17.1 Å². The number of hydrogen-bond donors (Lipinski definition) is 2. The lowest BCUT2D eigenvalue weighted by Gasteiger charge is -2.19. The summed E-state index contributed by atoms with van der Waals surface area (Å²) in [6, 6.07) is 0. The Morgan fingerprint density at radius 1 is 1.00 bits per heavy atom. The first-order valence-electron chi connectivity index (χ1n) is 11.9. The van der Waals surface area contributed by atoms with Crippen LogP contribution in [-0.4, -0.2) is 48.0 Å². The highest BCUT2D eigenvalue weighted by molar-refractivity contribution is 5.83. The van der Waals surface area contributed by atoms with Crippen molar-refractivity contribution in [2.24, 2.45) is 10.7 Å². The zero-order valence-corrected chi connectivity index (χ0v) is 19.2. The lowest BCUT2D eigenvalue weighted by molar-refractivity contribution is -0.134. The molecule has 0 saturated heterocycles. The van der Waals surface area contributed by atoms with Gasteiger partial charge in [-0.2, -0.15) is 0 Å². The Kier molecular flexibility index (Phi) is 20.3. The lowest BCUT2D eigenvalue weighted by Crippen LogP contribution is -2.32. The summed E-state index contributed by atoms with van der Waals surface area (Å²) in [6.45, 7) is 7.14. The fraction of sp³-hybridized carbons (Fsp3) is 0.833. The van der Waals surface area contributed by atoms with Crippen molar-refractivity contribution in [1.29, 1.82) is 0 Å². The fourth-order valence-electron chi connectivity index (χ4n) is 3.52. The van der Waals surface area contributed by atoms with Crippen LogP contribution in [0.2, 0.25) is 0 Å². The van der Waals surface area contributed by atoms with Crippen LogP contribution >= 0.6 is 0 Å². The number of carboxylic acids is 1. The molecule has 0 spiro atoms. The number of nitrogens with two attached hydrogens (primary N) is 1. The van der Waals surface area contributed by atoms with Crippen LogP contribution in [-0.2, 0) is 4.79 Å². The van der Waals surface area contributed by atoms with Gasteiger partial charge in [-0.3, -0.25) is 9.79 Å². The van der Waals surface area contributed by atoms with Gasteiger partial charge in [0, 0.05) is 33.0 Å². The zero-order chi connectivity index (χ0) is 21.6. The molecule has 170 valence electrons. The number of aliphatic carboxylic acids is 1. The molecule has 0 aromatic rings. The topological polar surface area (TPSA) is 78.9 Å². The monoisotopic (exact) mass is 409 g/mol. The number of allylic oxidation sites excluding steroid dienone is 2. The molecule has 29 heavy (non-hydrogen) atoms. The first-order valence-corrected chi connectivity index (χ1v) is 11.9. The molecule has 1 heterocycles. The van der Waals surface area contributed by atoms with Crippen molar-refractivity contribution in [3.63, 3.8) is 0 Å². The first kappa shape index (κ1) is 27.6. The number of aliphatic imine (C=N–C) groups is 1. The summed E-state index contributed by atoms with van der Waals surface area (Å²) < 4.78 is 0. The number of rotatable bonds is 17. The van der Waals surface area contributed by atoms with E-state index < -0.39 is 5.97 Å². The summed E-state index contributed by atoms with van der Waals surface area (Å²) in [5.74, 6) is 0.475. The summed E-state index contributed by atoms with van der Waals surface area (Å²) in [6.07, 6.45) is 23.7. The smallest absolute Gasteiger partial charge is 0.300 e. The predicted molar refractivity (Wildman–Crippen MR) is 126 cm³/mol. The minimum atomic E-state index is -0.833. The second-order valence-electron chi connectivity index (χ2n) is 7.93. The molecule has 1 rings (SSSR count). The van der Waals surface area contributed by atoms with E-state index in [0.717, 1.165) is 39.5 Å². The summed E-state index contributed by atoms with van der Waals surface area (Å²) in [4.78, 5) is 16.0. The van der Waals surface area contributed by atoms with E-state index in [1.165, 1.54) is 89.3 Å². The van der Waals surface area contributed by atoms with Crippen LogP contribution in [0.1, 0.15) is 104 Å². The Labute approximate surface area is 179 Å². The van der Waals surface area contributed by atoms with Gasteiger partial charge in [-0.25, -0.2) is 0 Å². The third-order valence-electron chi connectivity index (χ3n) is 5.09. The van der Waals surface area contributed by atoms with Gasteiger partial charge < -0.3 is 15.7 Å². The maximum Gasteiger partial charge on any atom is 0.300 e.